The van der Waals surface area contributed by atoms with Gasteiger partial charge in [0.05, 0.1) is 17.4 Å². The zero-order valence-electron chi connectivity index (χ0n) is 23.3. The third kappa shape index (κ3) is 11.9. The topological polar surface area (TPSA) is 36.4 Å². The Morgan fingerprint density at radius 3 is 2.32 bits per heavy atom. The van der Waals surface area contributed by atoms with Crippen LogP contribution in [-0.4, -0.2) is 25.0 Å². The average Bonchev–Trinajstić information content (AvgIpc) is 3.72. The molecule has 3 rings (SSSR count). The van der Waals surface area contributed by atoms with Crippen molar-refractivity contribution in [2.75, 3.05) is 13.1 Å². The number of nitrogens with zero attached hydrogens (tertiary/aromatic N) is 1. The monoisotopic (exact) mass is 515 g/mol. The molecule has 1 aliphatic heterocycles. The van der Waals surface area contributed by atoms with Gasteiger partial charge >= 0.3 is 6.18 Å². The first-order valence-electron chi connectivity index (χ1n) is 13.2. The predicted molar refractivity (Wildman–Crippen MR) is 152 cm³/mol. The number of hydrogen-bond acceptors (Lipinski definition) is 2. The van der Waals surface area contributed by atoms with Crippen LogP contribution in [0.1, 0.15) is 78.4 Å². The van der Waals surface area contributed by atoms with E-state index in [1.165, 1.54) is 25.0 Å². The molecule has 1 aromatic carbocycles. The number of rotatable bonds is 6. The number of allylic oxidation sites excluding steroid dienone is 4. The standard InChI is InChI=1S/C20H23F3N2.C9H15N.C2H6/c1-13(10-11-24-16(4)25-19-8-9-19)14(2)15(3)17-6-5-7-18(12-17)20(21,22)23;1-3-8(2)9-4-6-10-7-5-9;1-2/h5-7,10-12,19H,1,8-9H2,2-4H3,(H,24,25);1,8-10H,4-7H2,2H3;1-2H3/b11-10-,15-14-;;. The number of halogens is 3. The molecule has 1 heterocycles. The van der Waals surface area contributed by atoms with Crippen LogP contribution in [0.3, 0.4) is 0 Å². The van der Waals surface area contributed by atoms with Gasteiger partial charge in [-0.2, -0.15) is 13.2 Å². The smallest absolute Gasteiger partial charge is 0.351 e. The summed E-state index contributed by atoms with van der Waals surface area (Å²) in [5.41, 5.74) is 2.24. The summed E-state index contributed by atoms with van der Waals surface area (Å²) in [5, 5.41) is 6.41. The third-order valence-electron chi connectivity index (χ3n) is 6.52. The maximum absolute atomic E-state index is 12.9. The number of nitrogens with one attached hydrogen (secondary N) is 2. The summed E-state index contributed by atoms with van der Waals surface area (Å²) >= 11 is 0. The minimum absolute atomic E-state index is 0.453. The van der Waals surface area contributed by atoms with E-state index in [0.29, 0.717) is 17.5 Å². The van der Waals surface area contributed by atoms with E-state index in [4.69, 9.17) is 6.42 Å². The van der Waals surface area contributed by atoms with Crippen LogP contribution in [0, 0.1) is 24.2 Å². The number of alkyl halides is 3. The Bertz CT molecular complexity index is 986. The lowest BCUT2D eigenvalue weighted by atomic mass is 9.87. The summed E-state index contributed by atoms with van der Waals surface area (Å²) in [7, 11) is 0. The van der Waals surface area contributed by atoms with E-state index >= 15 is 0 Å². The summed E-state index contributed by atoms with van der Waals surface area (Å²) in [5.74, 6) is 4.90. The maximum Gasteiger partial charge on any atom is 0.416 e. The van der Waals surface area contributed by atoms with Crippen molar-refractivity contribution < 1.29 is 13.2 Å². The van der Waals surface area contributed by atoms with E-state index < -0.39 is 11.7 Å². The van der Waals surface area contributed by atoms with Crippen molar-refractivity contribution in [3.63, 3.8) is 0 Å². The van der Waals surface area contributed by atoms with Crippen LogP contribution in [0.2, 0.25) is 0 Å². The maximum atomic E-state index is 12.9. The minimum Gasteiger partial charge on any atom is -0.351 e. The van der Waals surface area contributed by atoms with E-state index in [2.05, 4.69) is 35.0 Å². The highest BCUT2D eigenvalue weighted by molar-refractivity contribution is 5.81. The molecule has 3 nitrogen and oxygen atoms in total. The van der Waals surface area contributed by atoms with Gasteiger partial charge in [0.25, 0.3) is 0 Å². The molecule has 2 fully saturated rings. The molecule has 2 N–H and O–H groups in total. The van der Waals surface area contributed by atoms with Crippen molar-refractivity contribution in [3.8, 4) is 12.3 Å². The van der Waals surface area contributed by atoms with Crippen molar-refractivity contribution >= 4 is 11.4 Å². The molecule has 2 aliphatic rings. The fourth-order valence-corrected chi connectivity index (χ4v) is 3.77. The van der Waals surface area contributed by atoms with Gasteiger partial charge in [-0.05, 0) is 106 Å². The van der Waals surface area contributed by atoms with Gasteiger partial charge in [0.1, 0.15) is 0 Å². The quantitative estimate of drug-likeness (QED) is 0.174. The zero-order chi connectivity index (χ0) is 28.0. The van der Waals surface area contributed by atoms with Crippen LogP contribution in [0.15, 0.2) is 59.3 Å². The Morgan fingerprint density at radius 1 is 1.16 bits per heavy atom. The Kier molecular flexibility index (Phi) is 14.1. The Morgan fingerprint density at radius 2 is 1.78 bits per heavy atom. The molecular weight excluding hydrogens is 471 g/mol. The summed E-state index contributed by atoms with van der Waals surface area (Å²) in [6, 6.07) is 5.80. The highest BCUT2D eigenvalue weighted by atomic mass is 19.4. The fourth-order valence-electron chi connectivity index (χ4n) is 3.77. The molecule has 0 amide bonds. The SMILES string of the molecule is C#CC(C)C1CCNCC1.C=C(/C=C\NC(C)=NC1CC1)/C(C)=C(/C)c1cccc(C(F)(F)F)c1.CC. The molecule has 204 valence electrons. The second-order valence-corrected chi connectivity index (χ2v) is 9.32. The first-order valence-corrected chi connectivity index (χ1v) is 13.2. The highest BCUT2D eigenvalue weighted by Gasteiger charge is 2.30. The fraction of sp³-hybridized carbons (Fsp3) is 0.516. The molecule has 1 aromatic rings. The van der Waals surface area contributed by atoms with Gasteiger partial charge < -0.3 is 10.6 Å². The molecule has 0 spiro atoms. The van der Waals surface area contributed by atoms with E-state index in [0.717, 1.165) is 60.5 Å². The summed E-state index contributed by atoms with van der Waals surface area (Å²) < 4.78 is 38.6. The molecule has 37 heavy (non-hydrogen) atoms. The van der Waals surface area contributed by atoms with Crippen molar-refractivity contribution in [1.82, 2.24) is 10.6 Å². The van der Waals surface area contributed by atoms with Crippen LogP contribution < -0.4 is 10.6 Å². The summed E-state index contributed by atoms with van der Waals surface area (Å²) in [6.07, 6.45) is 9.35. The first kappa shape index (κ1) is 32.2. The Hall–Kier alpha value is -2.78. The van der Waals surface area contributed by atoms with Gasteiger partial charge in [-0.15, -0.1) is 12.3 Å². The summed E-state index contributed by atoms with van der Waals surface area (Å²) in [6.45, 7) is 18.0. The normalized spacial score (nSPS) is 17.9. The molecule has 1 aliphatic carbocycles. The van der Waals surface area contributed by atoms with Crippen LogP contribution in [0.5, 0.6) is 0 Å². The largest absolute Gasteiger partial charge is 0.416 e. The van der Waals surface area contributed by atoms with Crippen molar-refractivity contribution in [2.45, 2.75) is 79.4 Å². The van der Waals surface area contributed by atoms with Crippen LogP contribution in [0.4, 0.5) is 13.2 Å². The molecule has 1 saturated heterocycles. The Balaban J connectivity index is 0.000000475. The zero-order valence-corrected chi connectivity index (χ0v) is 23.3. The second-order valence-electron chi connectivity index (χ2n) is 9.32. The van der Waals surface area contributed by atoms with Gasteiger partial charge in [-0.25, -0.2) is 0 Å². The molecule has 6 heteroatoms. The number of piperidine rings is 1. The lowest BCUT2D eigenvalue weighted by Gasteiger charge is -2.24. The number of aliphatic imine (C=N–C) groups is 1. The molecule has 1 unspecified atom stereocenters. The predicted octanol–water partition coefficient (Wildman–Crippen LogP) is 8.02. The van der Waals surface area contributed by atoms with Crippen molar-refractivity contribution in [1.29, 1.82) is 0 Å². The number of hydrogen-bond donors (Lipinski definition) is 2. The summed E-state index contributed by atoms with van der Waals surface area (Å²) in [4.78, 5) is 4.45. The van der Waals surface area contributed by atoms with Gasteiger partial charge in [0.2, 0.25) is 0 Å². The second kappa shape index (κ2) is 16.1. The molecule has 0 bridgehead atoms. The molecule has 1 atom stereocenters. The molecular formula is C31H44F3N3. The Labute approximate surface area is 222 Å². The number of benzene rings is 1. The molecule has 0 aromatic heterocycles. The third-order valence-corrected chi connectivity index (χ3v) is 6.52. The number of amidine groups is 1. The minimum atomic E-state index is -4.34. The molecule has 0 radical (unpaired) electrons. The highest BCUT2D eigenvalue weighted by Crippen LogP contribution is 2.32. The lowest BCUT2D eigenvalue weighted by Crippen LogP contribution is -2.30. The van der Waals surface area contributed by atoms with Crippen LogP contribution >= 0.6 is 0 Å². The van der Waals surface area contributed by atoms with E-state index in [-0.39, 0.29) is 0 Å². The average molecular weight is 516 g/mol. The van der Waals surface area contributed by atoms with Gasteiger partial charge in [0.15, 0.2) is 0 Å². The van der Waals surface area contributed by atoms with Gasteiger partial charge in [-0.1, -0.05) is 39.5 Å². The van der Waals surface area contributed by atoms with Crippen molar-refractivity contribution in [3.05, 3.63) is 65.4 Å². The van der Waals surface area contributed by atoms with Crippen molar-refractivity contribution in [2.24, 2.45) is 16.8 Å². The van der Waals surface area contributed by atoms with E-state index in [1.807, 2.05) is 27.7 Å². The van der Waals surface area contributed by atoms with Gasteiger partial charge in [-0.3, -0.25) is 4.99 Å². The van der Waals surface area contributed by atoms with Crippen LogP contribution in [-0.2, 0) is 6.18 Å². The first-order chi connectivity index (χ1) is 17.5. The molecule has 1 saturated carbocycles. The number of terminal acetylenes is 1. The van der Waals surface area contributed by atoms with E-state index in [9.17, 15) is 13.2 Å². The lowest BCUT2D eigenvalue weighted by molar-refractivity contribution is -0.137. The van der Waals surface area contributed by atoms with E-state index in [1.54, 1.807) is 25.3 Å². The van der Waals surface area contributed by atoms with Crippen LogP contribution in [0.25, 0.3) is 5.57 Å². The van der Waals surface area contributed by atoms with Gasteiger partial charge in [0, 0.05) is 12.1 Å².